The van der Waals surface area contributed by atoms with Crippen LogP contribution in [0.2, 0.25) is 0 Å². The lowest BCUT2D eigenvalue weighted by atomic mass is 9.90. The van der Waals surface area contributed by atoms with Crippen molar-refractivity contribution in [3.8, 4) is 0 Å². The molecule has 0 bridgehead atoms. The lowest BCUT2D eigenvalue weighted by Crippen LogP contribution is -2.56. The molecule has 0 atom stereocenters. The summed E-state index contributed by atoms with van der Waals surface area (Å²) in [5.41, 5.74) is 5.61. The number of hydrogen-bond donors (Lipinski definition) is 1. The molecule has 0 aromatic rings. The van der Waals surface area contributed by atoms with Gasteiger partial charge in [-0.05, 0) is 19.3 Å². The fraction of sp³-hybridized carbons (Fsp3) is 1.00. The Morgan fingerprint density at radius 1 is 1.18 bits per heavy atom. The van der Waals surface area contributed by atoms with E-state index in [2.05, 4.69) is 0 Å². The van der Waals surface area contributed by atoms with Crippen LogP contribution in [0.15, 0.2) is 0 Å². The Morgan fingerprint density at radius 2 is 1.71 bits per heavy atom. The van der Waals surface area contributed by atoms with Gasteiger partial charge < -0.3 is 5.73 Å². The average molecular weight is 262 g/mol. The molecule has 1 fully saturated rings. The van der Waals surface area contributed by atoms with Crippen molar-refractivity contribution in [2.75, 3.05) is 19.3 Å². The van der Waals surface area contributed by atoms with Gasteiger partial charge in [0.1, 0.15) is 0 Å². The third-order valence-electron chi connectivity index (χ3n) is 3.77. The zero-order chi connectivity index (χ0) is 12.9. The minimum Gasteiger partial charge on any atom is -0.329 e. The predicted octanol–water partition coefficient (Wildman–Crippen LogP) is 1.71. The molecule has 0 aliphatic heterocycles. The molecule has 0 aromatic carbocycles. The van der Waals surface area contributed by atoms with Crippen molar-refractivity contribution in [3.05, 3.63) is 0 Å². The van der Waals surface area contributed by atoms with E-state index in [0.29, 0.717) is 13.1 Å². The second-order valence-corrected chi connectivity index (χ2v) is 7.08. The van der Waals surface area contributed by atoms with Crippen molar-refractivity contribution >= 4 is 10.0 Å². The van der Waals surface area contributed by atoms with E-state index in [9.17, 15) is 8.42 Å². The Balaban J connectivity index is 3.00. The minimum absolute atomic E-state index is 0.319. The highest BCUT2D eigenvalue weighted by Gasteiger charge is 2.40. The third-order valence-corrected chi connectivity index (χ3v) is 5.14. The minimum atomic E-state index is -3.16. The molecule has 0 saturated heterocycles. The Kier molecular flexibility index (Phi) is 5.41. The maximum Gasteiger partial charge on any atom is 0.211 e. The highest BCUT2D eigenvalue weighted by atomic mass is 32.2. The van der Waals surface area contributed by atoms with Crippen molar-refractivity contribution in [1.82, 2.24) is 4.31 Å². The summed E-state index contributed by atoms with van der Waals surface area (Å²) in [6.07, 6.45) is 8.56. The van der Waals surface area contributed by atoms with E-state index in [1.165, 1.54) is 19.1 Å². The van der Waals surface area contributed by atoms with Gasteiger partial charge in [0.25, 0.3) is 0 Å². The Morgan fingerprint density at radius 3 is 2.06 bits per heavy atom. The van der Waals surface area contributed by atoms with Gasteiger partial charge in [0.05, 0.1) is 6.26 Å². The molecule has 0 aromatic heterocycles. The summed E-state index contributed by atoms with van der Waals surface area (Å²) < 4.78 is 25.6. The molecule has 0 radical (unpaired) electrons. The second kappa shape index (κ2) is 6.16. The quantitative estimate of drug-likeness (QED) is 0.767. The summed E-state index contributed by atoms with van der Waals surface area (Å²) in [7, 11) is -3.16. The number of hydrogen-bond acceptors (Lipinski definition) is 3. The molecule has 1 rings (SSSR count). The predicted molar refractivity (Wildman–Crippen MR) is 71.3 cm³/mol. The van der Waals surface area contributed by atoms with Gasteiger partial charge in [0.2, 0.25) is 10.0 Å². The largest absolute Gasteiger partial charge is 0.329 e. The van der Waals surface area contributed by atoms with Crippen LogP contribution < -0.4 is 5.73 Å². The van der Waals surface area contributed by atoms with Crippen molar-refractivity contribution in [2.24, 2.45) is 5.73 Å². The molecule has 0 spiro atoms. The molecule has 1 aliphatic carbocycles. The first-order chi connectivity index (χ1) is 7.96. The van der Waals surface area contributed by atoms with Crippen molar-refractivity contribution in [1.29, 1.82) is 0 Å². The molecule has 0 heterocycles. The van der Waals surface area contributed by atoms with E-state index in [4.69, 9.17) is 5.73 Å². The van der Waals surface area contributed by atoms with Gasteiger partial charge in [-0.1, -0.05) is 32.6 Å². The van der Waals surface area contributed by atoms with Crippen LogP contribution in [0.1, 0.15) is 51.9 Å². The average Bonchev–Trinajstić information content (AvgIpc) is 2.50. The third kappa shape index (κ3) is 3.66. The second-order valence-electron chi connectivity index (χ2n) is 5.18. The van der Waals surface area contributed by atoms with Crippen LogP contribution in [-0.2, 0) is 10.0 Å². The number of rotatable bonds is 5. The lowest BCUT2D eigenvalue weighted by molar-refractivity contribution is 0.168. The van der Waals surface area contributed by atoms with E-state index < -0.39 is 10.0 Å². The molecular weight excluding hydrogens is 236 g/mol. The first-order valence-electron chi connectivity index (χ1n) is 6.64. The van der Waals surface area contributed by atoms with Crippen LogP contribution in [0.4, 0.5) is 0 Å². The Labute approximate surface area is 106 Å². The van der Waals surface area contributed by atoms with E-state index >= 15 is 0 Å². The van der Waals surface area contributed by atoms with Gasteiger partial charge in [-0.15, -0.1) is 0 Å². The Hall–Kier alpha value is -0.130. The van der Waals surface area contributed by atoms with Gasteiger partial charge in [0, 0.05) is 18.6 Å². The standard InChI is InChI=1S/C12H26N2O2S/c1-3-10-14(17(2,15)16)12(11-13)8-6-4-5-7-9-12/h3-11,13H2,1-2H3. The molecule has 4 nitrogen and oxygen atoms in total. The molecule has 0 amide bonds. The molecule has 0 unspecified atom stereocenters. The summed E-state index contributed by atoms with van der Waals surface area (Å²) in [6.45, 7) is 3.05. The van der Waals surface area contributed by atoms with Crippen LogP contribution >= 0.6 is 0 Å². The van der Waals surface area contributed by atoms with Crippen LogP contribution in [-0.4, -0.2) is 37.6 Å². The summed E-state index contributed by atoms with van der Waals surface area (Å²) in [5.74, 6) is 0. The van der Waals surface area contributed by atoms with Gasteiger partial charge in [-0.2, -0.15) is 4.31 Å². The van der Waals surface area contributed by atoms with Gasteiger partial charge in [0.15, 0.2) is 0 Å². The van der Waals surface area contributed by atoms with Gasteiger partial charge in [-0.25, -0.2) is 8.42 Å². The number of nitrogens with two attached hydrogens (primary N) is 1. The zero-order valence-electron chi connectivity index (χ0n) is 11.1. The van der Waals surface area contributed by atoms with Gasteiger partial charge >= 0.3 is 0 Å². The van der Waals surface area contributed by atoms with E-state index in [-0.39, 0.29) is 5.54 Å². The van der Waals surface area contributed by atoms with Crippen LogP contribution in [0, 0.1) is 0 Å². The summed E-state index contributed by atoms with van der Waals surface area (Å²) in [6, 6.07) is 0. The van der Waals surface area contributed by atoms with Crippen LogP contribution in [0.25, 0.3) is 0 Å². The highest BCUT2D eigenvalue weighted by Crippen LogP contribution is 2.33. The fourth-order valence-electron chi connectivity index (χ4n) is 2.90. The smallest absolute Gasteiger partial charge is 0.211 e. The maximum atomic E-state index is 12.0. The van der Waals surface area contributed by atoms with Crippen molar-refractivity contribution < 1.29 is 8.42 Å². The zero-order valence-corrected chi connectivity index (χ0v) is 11.9. The first-order valence-corrected chi connectivity index (χ1v) is 8.49. The van der Waals surface area contributed by atoms with Gasteiger partial charge in [-0.3, -0.25) is 0 Å². The molecule has 5 heteroatoms. The molecule has 102 valence electrons. The topological polar surface area (TPSA) is 63.4 Å². The summed E-state index contributed by atoms with van der Waals surface area (Å²) in [4.78, 5) is 0. The van der Waals surface area contributed by atoms with E-state index in [1.807, 2.05) is 6.92 Å². The summed E-state index contributed by atoms with van der Waals surface area (Å²) >= 11 is 0. The van der Waals surface area contributed by atoms with Crippen molar-refractivity contribution in [2.45, 2.75) is 57.4 Å². The normalized spacial score (nSPS) is 21.4. The molecule has 2 N–H and O–H groups in total. The SMILES string of the molecule is CCCN(C1(CN)CCCCCC1)S(C)(=O)=O. The molecular formula is C12H26N2O2S. The Bertz CT molecular complexity index is 319. The van der Waals surface area contributed by atoms with E-state index in [1.54, 1.807) is 4.31 Å². The number of sulfonamides is 1. The fourth-order valence-corrected chi connectivity index (χ4v) is 4.37. The van der Waals surface area contributed by atoms with Crippen LogP contribution in [0.3, 0.4) is 0 Å². The highest BCUT2D eigenvalue weighted by molar-refractivity contribution is 7.88. The molecule has 17 heavy (non-hydrogen) atoms. The lowest BCUT2D eigenvalue weighted by Gasteiger charge is -2.41. The molecule has 1 aliphatic rings. The molecule has 1 saturated carbocycles. The van der Waals surface area contributed by atoms with Crippen molar-refractivity contribution in [3.63, 3.8) is 0 Å². The summed E-state index contributed by atoms with van der Waals surface area (Å²) in [5, 5.41) is 0. The van der Waals surface area contributed by atoms with E-state index in [0.717, 1.165) is 32.1 Å². The monoisotopic (exact) mass is 262 g/mol. The number of nitrogens with zero attached hydrogens (tertiary/aromatic N) is 1. The maximum absolute atomic E-state index is 12.0. The van der Waals surface area contributed by atoms with Crippen LogP contribution in [0.5, 0.6) is 0 Å². The first kappa shape index (κ1) is 14.9.